The fraction of sp³-hybridized carbons (Fsp3) is 0.467. The maximum absolute atomic E-state index is 15.5. The molecular formula is C30H32Cl2F2N4O2S. The van der Waals surface area contributed by atoms with Crippen molar-refractivity contribution in [2.24, 2.45) is 0 Å². The van der Waals surface area contributed by atoms with Crippen molar-refractivity contribution in [2.45, 2.75) is 62.2 Å². The Hall–Kier alpha value is -2.01. The van der Waals surface area contributed by atoms with Gasteiger partial charge in [0.25, 0.3) is 5.92 Å². The standard InChI is InChI=1S/C30H32Cl2F2N4O2S/c31-23-3-1-2-21(27(23)32)19-8-12-37(13-9-19)25-10-11-36(17-30(25,33)34)15-18-4-5-22-20(14-18)16-38(29(22)41)24-6-7-26(39)35-28(24)40/h1-5,8,14,24-25,29,41H,6-7,9-13,15-17H2,(H,35,39,40). The highest BCUT2D eigenvalue weighted by Gasteiger charge is 2.47. The van der Waals surface area contributed by atoms with Crippen LogP contribution in [0.1, 0.15) is 53.3 Å². The van der Waals surface area contributed by atoms with Gasteiger partial charge in [0.2, 0.25) is 11.8 Å². The molecule has 0 bridgehead atoms. The van der Waals surface area contributed by atoms with E-state index in [1.807, 2.05) is 51.1 Å². The summed E-state index contributed by atoms with van der Waals surface area (Å²) in [5, 5.41) is 3.17. The Bertz CT molecular complexity index is 1410. The van der Waals surface area contributed by atoms with Gasteiger partial charge in [0.15, 0.2) is 0 Å². The van der Waals surface area contributed by atoms with Gasteiger partial charge in [0.1, 0.15) is 0 Å². The van der Waals surface area contributed by atoms with Gasteiger partial charge in [-0.3, -0.25) is 29.6 Å². The number of benzene rings is 2. The van der Waals surface area contributed by atoms with Crippen LogP contribution >= 0.6 is 35.8 Å². The van der Waals surface area contributed by atoms with Crippen molar-refractivity contribution < 1.29 is 18.4 Å². The summed E-state index contributed by atoms with van der Waals surface area (Å²) in [5.41, 5.74) is 4.95. The molecule has 4 heterocycles. The molecule has 2 amide bonds. The van der Waals surface area contributed by atoms with Gasteiger partial charge in [-0.1, -0.05) is 59.6 Å². The molecule has 11 heteroatoms. The molecule has 0 spiro atoms. The topological polar surface area (TPSA) is 55.9 Å². The number of imide groups is 1. The Balaban J connectivity index is 1.08. The van der Waals surface area contributed by atoms with Gasteiger partial charge in [-0.25, -0.2) is 8.78 Å². The molecule has 2 saturated heterocycles. The van der Waals surface area contributed by atoms with Gasteiger partial charge in [-0.05, 0) is 53.2 Å². The van der Waals surface area contributed by atoms with E-state index in [4.69, 9.17) is 35.8 Å². The summed E-state index contributed by atoms with van der Waals surface area (Å²) in [6, 6.07) is 10.3. The quantitative estimate of drug-likeness (QED) is 0.339. The molecule has 2 fully saturated rings. The van der Waals surface area contributed by atoms with Crippen LogP contribution in [-0.4, -0.2) is 70.7 Å². The number of amides is 2. The second kappa shape index (κ2) is 11.6. The van der Waals surface area contributed by atoms with Crippen LogP contribution < -0.4 is 5.32 Å². The van der Waals surface area contributed by atoms with Gasteiger partial charge >= 0.3 is 0 Å². The average Bonchev–Trinajstić information content (AvgIpc) is 3.25. The molecule has 3 atom stereocenters. The number of thiol groups is 1. The summed E-state index contributed by atoms with van der Waals surface area (Å²) in [6.07, 6.45) is 3.81. The number of hydrogen-bond acceptors (Lipinski definition) is 6. The normalized spacial score (nSPS) is 27.4. The molecule has 4 aliphatic rings. The SMILES string of the molecule is O=C1CCC(N2Cc3cc(CN4CCC(N5CC=C(c6cccc(Cl)c6Cl)CC5)C(F)(F)C4)ccc3C2S)C(=O)N1. The predicted octanol–water partition coefficient (Wildman–Crippen LogP) is 5.54. The van der Waals surface area contributed by atoms with Crippen molar-refractivity contribution in [3.05, 3.63) is 74.8 Å². The van der Waals surface area contributed by atoms with E-state index in [9.17, 15) is 9.59 Å². The molecule has 6 rings (SSSR count). The highest BCUT2D eigenvalue weighted by molar-refractivity contribution is 7.80. The summed E-state index contributed by atoms with van der Waals surface area (Å²) in [4.78, 5) is 29.7. The van der Waals surface area contributed by atoms with E-state index >= 15 is 8.78 Å². The van der Waals surface area contributed by atoms with Crippen LogP contribution in [0.2, 0.25) is 10.0 Å². The number of carbonyl (C=O) groups excluding carboxylic acids is 2. The van der Waals surface area contributed by atoms with Gasteiger partial charge in [0, 0.05) is 39.1 Å². The Kier molecular flexibility index (Phi) is 8.22. The molecule has 2 aromatic carbocycles. The third kappa shape index (κ3) is 5.82. The zero-order valence-electron chi connectivity index (χ0n) is 22.5. The number of piperidine rings is 2. The van der Waals surface area contributed by atoms with Crippen LogP contribution in [-0.2, 0) is 22.7 Å². The number of hydrogen-bond donors (Lipinski definition) is 2. The minimum absolute atomic E-state index is 0.245. The van der Waals surface area contributed by atoms with E-state index in [0.29, 0.717) is 68.5 Å². The van der Waals surface area contributed by atoms with Gasteiger partial charge < -0.3 is 0 Å². The second-order valence-electron chi connectivity index (χ2n) is 11.4. The predicted molar refractivity (Wildman–Crippen MR) is 159 cm³/mol. The summed E-state index contributed by atoms with van der Waals surface area (Å²) in [6.45, 7) is 2.27. The molecule has 0 radical (unpaired) electrons. The monoisotopic (exact) mass is 620 g/mol. The van der Waals surface area contributed by atoms with E-state index < -0.39 is 18.0 Å². The first-order valence-corrected chi connectivity index (χ1v) is 15.2. The lowest BCUT2D eigenvalue weighted by Crippen LogP contribution is -2.58. The number of likely N-dealkylation sites (tertiary alicyclic amines) is 1. The summed E-state index contributed by atoms with van der Waals surface area (Å²) in [7, 11) is 0. The highest BCUT2D eigenvalue weighted by atomic mass is 35.5. The molecular weight excluding hydrogens is 589 g/mol. The first-order valence-electron chi connectivity index (χ1n) is 14.0. The molecule has 218 valence electrons. The number of alkyl halides is 2. The van der Waals surface area contributed by atoms with Crippen molar-refractivity contribution >= 4 is 53.2 Å². The van der Waals surface area contributed by atoms with Crippen molar-refractivity contribution in [1.82, 2.24) is 20.0 Å². The molecule has 41 heavy (non-hydrogen) atoms. The van der Waals surface area contributed by atoms with Crippen molar-refractivity contribution in [3.8, 4) is 0 Å². The maximum Gasteiger partial charge on any atom is 0.275 e. The van der Waals surface area contributed by atoms with Crippen LogP contribution in [0.4, 0.5) is 8.78 Å². The fourth-order valence-electron chi connectivity index (χ4n) is 6.69. The van der Waals surface area contributed by atoms with E-state index in [0.717, 1.165) is 27.8 Å². The second-order valence-corrected chi connectivity index (χ2v) is 12.7. The van der Waals surface area contributed by atoms with Crippen LogP contribution in [0.15, 0.2) is 42.5 Å². The Morgan fingerprint density at radius 1 is 1.07 bits per heavy atom. The van der Waals surface area contributed by atoms with Gasteiger partial charge in [-0.2, -0.15) is 12.6 Å². The number of carbonyl (C=O) groups is 2. The Morgan fingerprint density at radius 2 is 1.90 bits per heavy atom. The van der Waals surface area contributed by atoms with Crippen LogP contribution in [0.25, 0.3) is 5.57 Å². The maximum atomic E-state index is 15.5. The molecule has 6 nitrogen and oxygen atoms in total. The number of halogens is 4. The number of nitrogens with one attached hydrogen (secondary N) is 1. The van der Waals surface area contributed by atoms with Crippen molar-refractivity contribution in [2.75, 3.05) is 26.2 Å². The van der Waals surface area contributed by atoms with E-state index in [-0.39, 0.29) is 23.7 Å². The zero-order chi connectivity index (χ0) is 28.9. The smallest absolute Gasteiger partial charge is 0.275 e. The third-order valence-corrected chi connectivity index (χ3v) is 10.2. The average molecular weight is 622 g/mol. The molecule has 1 N–H and O–H groups in total. The molecule has 0 saturated carbocycles. The van der Waals surface area contributed by atoms with Gasteiger partial charge in [0.05, 0.1) is 34.0 Å². The molecule has 2 aromatic rings. The minimum Gasteiger partial charge on any atom is -0.295 e. The van der Waals surface area contributed by atoms with E-state index in [1.165, 1.54) is 0 Å². The number of rotatable bonds is 5. The molecule has 3 unspecified atom stereocenters. The first kappa shape index (κ1) is 29.1. The highest BCUT2D eigenvalue weighted by Crippen LogP contribution is 2.41. The van der Waals surface area contributed by atoms with E-state index in [2.05, 4.69) is 5.32 Å². The minimum atomic E-state index is -2.84. The van der Waals surface area contributed by atoms with Gasteiger partial charge in [-0.15, -0.1) is 0 Å². The number of fused-ring (bicyclic) bond motifs is 1. The molecule has 0 aliphatic carbocycles. The lowest BCUT2D eigenvalue weighted by Gasteiger charge is -2.44. The van der Waals surface area contributed by atoms with Crippen molar-refractivity contribution in [3.63, 3.8) is 0 Å². The lowest BCUT2D eigenvalue weighted by molar-refractivity contribution is -0.137. The first-order chi connectivity index (χ1) is 19.6. The zero-order valence-corrected chi connectivity index (χ0v) is 24.9. The number of nitrogens with zero attached hydrogens (tertiary/aromatic N) is 3. The molecule has 0 aromatic heterocycles. The largest absolute Gasteiger partial charge is 0.295 e. The van der Waals surface area contributed by atoms with E-state index in [1.54, 1.807) is 6.07 Å². The Morgan fingerprint density at radius 3 is 2.63 bits per heavy atom. The fourth-order valence-corrected chi connectivity index (χ4v) is 7.61. The summed E-state index contributed by atoms with van der Waals surface area (Å²) in [5.74, 6) is -3.37. The third-order valence-electron chi connectivity index (χ3n) is 8.79. The lowest BCUT2D eigenvalue weighted by atomic mass is 9.94. The Labute approximate surface area is 254 Å². The summed E-state index contributed by atoms with van der Waals surface area (Å²) >= 11 is 17.3. The molecule has 4 aliphatic heterocycles. The van der Waals surface area contributed by atoms with Crippen LogP contribution in [0, 0.1) is 0 Å². The van der Waals surface area contributed by atoms with Crippen LogP contribution in [0.5, 0.6) is 0 Å². The van der Waals surface area contributed by atoms with Crippen LogP contribution in [0.3, 0.4) is 0 Å². The summed E-state index contributed by atoms with van der Waals surface area (Å²) < 4.78 is 31.0. The van der Waals surface area contributed by atoms with Crippen molar-refractivity contribution in [1.29, 1.82) is 0 Å².